The van der Waals surface area contributed by atoms with Gasteiger partial charge in [0.25, 0.3) is 0 Å². The first kappa shape index (κ1) is 12.2. The molecule has 2 bridgehead atoms. The van der Waals surface area contributed by atoms with Crippen LogP contribution in [0.3, 0.4) is 0 Å². The Labute approximate surface area is 119 Å². The number of fused-ring (bicyclic) bond motifs is 2. The highest BCUT2D eigenvalue weighted by molar-refractivity contribution is 7.13. The molecule has 4 rings (SSSR count). The van der Waals surface area contributed by atoms with Crippen LogP contribution >= 0.6 is 11.3 Å². The van der Waals surface area contributed by atoms with Gasteiger partial charge in [0.2, 0.25) is 0 Å². The third-order valence-corrected chi connectivity index (χ3v) is 5.98. The minimum absolute atomic E-state index is 0.717. The summed E-state index contributed by atoms with van der Waals surface area (Å²) in [5.41, 5.74) is 1.37. The van der Waals surface area contributed by atoms with E-state index in [0.29, 0.717) is 0 Å². The molecule has 0 spiro atoms. The van der Waals surface area contributed by atoms with Crippen LogP contribution in [-0.2, 0) is 0 Å². The topological polar surface area (TPSA) is 28.2 Å². The summed E-state index contributed by atoms with van der Waals surface area (Å²) in [5, 5.41) is 7.12. The first-order valence-corrected chi connectivity index (χ1v) is 8.64. The van der Waals surface area contributed by atoms with Gasteiger partial charge >= 0.3 is 0 Å². The number of anilines is 1. The minimum Gasteiger partial charge on any atom is -0.342 e. The molecule has 2 unspecified atom stereocenters. The van der Waals surface area contributed by atoms with Crippen molar-refractivity contribution in [3.63, 3.8) is 0 Å². The molecule has 3 aliphatic rings. The molecular weight excluding hydrogens is 254 g/mol. The molecule has 1 N–H and O–H groups in total. The lowest BCUT2D eigenvalue weighted by Gasteiger charge is -2.49. The average molecular weight is 277 g/mol. The predicted octanol–water partition coefficient (Wildman–Crippen LogP) is 3.13. The monoisotopic (exact) mass is 277 g/mol. The van der Waals surface area contributed by atoms with E-state index < -0.39 is 0 Å². The lowest BCUT2D eigenvalue weighted by atomic mass is 9.82. The highest BCUT2D eigenvalue weighted by Crippen LogP contribution is 2.44. The fourth-order valence-corrected chi connectivity index (χ4v) is 4.94. The van der Waals surface area contributed by atoms with Crippen LogP contribution in [-0.4, -0.2) is 30.2 Å². The number of nitrogens with zero attached hydrogens (tertiary/aromatic N) is 2. The first-order chi connectivity index (χ1) is 9.35. The summed E-state index contributed by atoms with van der Waals surface area (Å²) < 4.78 is 0. The molecule has 3 nitrogen and oxygen atoms in total. The fraction of sp³-hybridized carbons (Fsp3) is 0.800. The molecule has 2 atom stereocenters. The van der Waals surface area contributed by atoms with E-state index in [0.717, 1.165) is 24.0 Å². The van der Waals surface area contributed by atoms with E-state index in [1.807, 2.05) is 11.3 Å². The fourth-order valence-electron chi connectivity index (χ4n) is 3.89. The van der Waals surface area contributed by atoms with Gasteiger partial charge < -0.3 is 10.2 Å². The van der Waals surface area contributed by atoms with E-state index in [-0.39, 0.29) is 0 Å². The maximum Gasteiger partial charge on any atom is 0.186 e. The van der Waals surface area contributed by atoms with Gasteiger partial charge in [-0.05, 0) is 52.0 Å². The third kappa shape index (κ3) is 2.19. The van der Waals surface area contributed by atoms with E-state index in [4.69, 9.17) is 4.98 Å². The van der Waals surface area contributed by atoms with Gasteiger partial charge in [-0.3, -0.25) is 0 Å². The normalized spacial score (nSPS) is 34.6. The van der Waals surface area contributed by atoms with E-state index >= 15 is 0 Å². The van der Waals surface area contributed by atoms with Gasteiger partial charge in [0, 0.05) is 29.4 Å². The Morgan fingerprint density at radius 1 is 1.21 bits per heavy atom. The molecule has 3 heterocycles. The van der Waals surface area contributed by atoms with E-state index in [1.165, 1.54) is 55.8 Å². The van der Waals surface area contributed by atoms with Crippen molar-refractivity contribution >= 4 is 16.5 Å². The molecule has 4 heteroatoms. The molecule has 0 aromatic carbocycles. The maximum absolute atomic E-state index is 4.95. The molecule has 1 aromatic heterocycles. The van der Waals surface area contributed by atoms with Gasteiger partial charge in [-0.2, -0.15) is 0 Å². The maximum atomic E-state index is 4.95. The van der Waals surface area contributed by atoms with Crippen molar-refractivity contribution in [1.29, 1.82) is 0 Å². The van der Waals surface area contributed by atoms with Crippen LogP contribution in [0.15, 0.2) is 5.38 Å². The summed E-state index contributed by atoms with van der Waals surface area (Å²) in [7, 11) is 2.12. The van der Waals surface area contributed by atoms with Gasteiger partial charge in [-0.25, -0.2) is 4.98 Å². The van der Waals surface area contributed by atoms with Crippen LogP contribution in [0.5, 0.6) is 0 Å². The number of aromatic nitrogens is 1. The van der Waals surface area contributed by atoms with E-state index in [9.17, 15) is 0 Å². The molecule has 104 valence electrons. The van der Waals surface area contributed by atoms with Crippen molar-refractivity contribution < 1.29 is 0 Å². The predicted molar refractivity (Wildman–Crippen MR) is 80.1 cm³/mol. The van der Waals surface area contributed by atoms with Gasteiger partial charge in [-0.1, -0.05) is 0 Å². The van der Waals surface area contributed by atoms with Gasteiger partial charge in [0.15, 0.2) is 5.13 Å². The van der Waals surface area contributed by atoms with E-state index in [1.54, 1.807) is 0 Å². The number of rotatable bonds is 3. The highest BCUT2D eigenvalue weighted by Gasteiger charge is 2.39. The zero-order valence-corrected chi connectivity index (χ0v) is 12.5. The summed E-state index contributed by atoms with van der Waals surface area (Å²) in [6, 6.07) is 2.17. The van der Waals surface area contributed by atoms with Crippen molar-refractivity contribution in [3.8, 4) is 0 Å². The Balaban J connectivity index is 1.58. The van der Waals surface area contributed by atoms with Crippen LogP contribution < -0.4 is 10.2 Å². The summed E-state index contributed by atoms with van der Waals surface area (Å²) in [6.07, 6.45) is 9.43. The van der Waals surface area contributed by atoms with Crippen LogP contribution in [0.25, 0.3) is 0 Å². The van der Waals surface area contributed by atoms with Crippen molar-refractivity contribution in [2.24, 2.45) is 0 Å². The van der Waals surface area contributed by atoms with Crippen molar-refractivity contribution in [2.75, 3.05) is 11.9 Å². The SMILES string of the molecule is CNC1CC2CCCC(C1)N2c1nc(C2CC2)cs1. The summed E-state index contributed by atoms with van der Waals surface area (Å²) in [6.45, 7) is 0. The molecule has 1 aliphatic carbocycles. The number of hydrogen-bond acceptors (Lipinski definition) is 4. The standard InChI is InChI=1S/C15H23N3S/c1-16-11-7-12-3-2-4-13(8-11)18(12)15-17-14(9-19-15)10-5-6-10/h9-13,16H,2-8H2,1H3. The lowest BCUT2D eigenvalue weighted by molar-refractivity contribution is 0.252. The molecular formula is C15H23N3S. The smallest absolute Gasteiger partial charge is 0.186 e. The molecule has 2 aliphatic heterocycles. The minimum atomic E-state index is 0.717. The van der Waals surface area contributed by atoms with Crippen molar-refractivity contribution in [1.82, 2.24) is 10.3 Å². The molecule has 3 fully saturated rings. The van der Waals surface area contributed by atoms with Crippen LogP contribution in [0.2, 0.25) is 0 Å². The summed E-state index contributed by atoms with van der Waals surface area (Å²) in [5.74, 6) is 0.791. The summed E-state index contributed by atoms with van der Waals surface area (Å²) in [4.78, 5) is 7.63. The molecule has 19 heavy (non-hydrogen) atoms. The third-order valence-electron chi connectivity index (χ3n) is 5.11. The molecule has 0 amide bonds. The Hall–Kier alpha value is -0.610. The Bertz CT molecular complexity index is 440. The van der Waals surface area contributed by atoms with Crippen molar-refractivity contribution in [2.45, 2.75) is 69.0 Å². The van der Waals surface area contributed by atoms with Crippen LogP contribution in [0.1, 0.15) is 56.6 Å². The van der Waals surface area contributed by atoms with Gasteiger partial charge in [0.1, 0.15) is 0 Å². The largest absolute Gasteiger partial charge is 0.342 e. The Kier molecular flexibility index (Phi) is 3.03. The number of piperidine rings is 2. The lowest BCUT2D eigenvalue weighted by Crippen LogP contribution is -2.56. The Morgan fingerprint density at radius 3 is 2.58 bits per heavy atom. The molecule has 2 saturated heterocycles. The van der Waals surface area contributed by atoms with E-state index in [2.05, 4.69) is 22.6 Å². The van der Waals surface area contributed by atoms with Crippen molar-refractivity contribution in [3.05, 3.63) is 11.1 Å². The number of nitrogens with one attached hydrogen (secondary N) is 1. The zero-order valence-electron chi connectivity index (χ0n) is 11.6. The van der Waals surface area contributed by atoms with Gasteiger partial charge in [0.05, 0.1) is 5.69 Å². The van der Waals surface area contributed by atoms with Gasteiger partial charge in [-0.15, -0.1) is 11.3 Å². The molecule has 1 aromatic rings. The second kappa shape index (κ2) is 4.74. The Morgan fingerprint density at radius 2 is 1.95 bits per heavy atom. The number of hydrogen-bond donors (Lipinski definition) is 1. The number of thiazole rings is 1. The second-order valence-electron chi connectivity index (χ2n) is 6.43. The first-order valence-electron chi connectivity index (χ1n) is 7.76. The zero-order chi connectivity index (χ0) is 12.8. The van der Waals surface area contributed by atoms with Crippen LogP contribution in [0, 0.1) is 0 Å². The second-order valence-corrected chi connectivity index (χ2v) is 7.27. The highest BCUT2D eigenvalue weighted by atomic mass is 32.1. The average Bonchev–Trinajstić information content (AvgIpc) is 3.15. The quantitative estimate of drug-likeness (QED) is 0.920. The summed E-state index contributed by atoms with van der Waals surface area (Å²) >= 11 is 1.88. The van der Waals surface area contributed by atoms with Crippen LogP contribution in [0.4, 0.5) is 5.13 Å². The molecule has 1 saturated carbocycles. The molecule has 0 radical (unpaired) electrons.